The lowest BCUT2D eigenvalue weighted by molar-refractivity contribution is -0.131. The monoisotopic (exact) mass is 336 g/mol. The molecule has 3 amide bonds. The molecule has 0 unspecified atom stereocenters. The Kier molecular flexibility index (Phi) is 5.17. The van der Waals surface area contributed by atoms with Gasteiger partial charge in [-0.25, -0.2) is 4.79 Å². The molecular weight excluding hydrogens is 312 g/mol. The maximum absolute atomic E-state index is 12.3. The van der Waals surface area contributed by atoms with Gasteiger partial charge in [0.1, 0.15) is 0 Å². The van der Waals surface area contributed by atoms with Crippen molar-refractivity contribution in [1.29, 1.82) is 0 Å². The molecule has 7 heteroatoms. The van der Waals surface area contributed by atoms with Gasteiger partial charge in [-0.2, -0.15) is 0 Å². The molecule has 3 heterocycles. The number of hydrogen-bond donors (Lipinski definition) is 1. The second-order valence-corrected chi connectivity index (χ2v) is 7.01. The first-order chi connectivity index (χ1) is 11.2. The van der Waals surface area contributed by atoms with E-state index >= 15 is 0 Å². The quantitative estimate of drug-likeness (QED) is 0.895. The largest absolute Gasteiger partial charge is 0.336 e. The lowest BCUT2D eigenvalue weighted by atomic mass is 10.1. The van der Waals surface area contributed by atoms with E-state index in [0.29, 0.717) is 6.54 Å². The summed E-state index contributed by atoms with van der Waals surface area (Å²) in [6, 6.07) is 1.97. The van der Waals surface area contributed by atoms with Crippen molar-refractivity contribution in [2.45, 2.75) is 19.9 Å². The molecule has 126 valence electrons. The van der Waals surface area contributed by atoms with Crippen LogP contribution in [0.3, 0.4) is 0 Å². The van der Waals surface area contributed by atoms with Crippen molar-refractivity contribution in [2.24, 2.45) is 0 Å². The standard InChI is InChI=1S/C16H24N4O2S/c1-2-18-6-8-19(9-7-18)16(22)17-11-15(21)20-5-3-14-13(12-20)4-10-23-14/h4,10H,2-3,5-9,11-12H2,1H3,(H,17,22). The first kappa shape index (κ1) is 16.3. The lowest BCUT2D eigenvalue weighted by Crippen LogP contribution is -2.53. The topological polar surface area (TPSA) is 55.9 Å². The number of amides is 3. The van der Waals surface area contributed by atoms with Crippen LogP contribution in [0.5, 0.6) is 0 Å². The van der Waals surface area contributed by atoms with E-state index in [4.69, 9.17) is 0 Å². The average Bonchev–Trinajstić information content (AvgIpc) is 3.07. The zero-order valence-electron chi connectivity index (χ0n) is 13.6. The number of carbonyl (C=O) groups excluding carboxylic acids is 2. The zero-order valence-corrected chi connectivity index (χ0v) is 14.4. The van der Waals surface area contributed by atoms with Gasteiger partial charge >= 0.3 is 6.03 Å². The fraction of sp³-hybridized carbons (Fsp3) is 0.625. The first-order valence-electron chi connectivity index (χ1n) is 8.25. The number of thiophene rings is 1. The molecule has 1 saturated heterocycles. The third-order valence-corrected chi connectivity index (χ3v) is 5.68. The maximum atomic E-state index is 12.3. The number of urea groups is 1. The first-order valence-corrected chi connectivity index (χ1v) is 9.13. The summed E-state index contributed by atoms with van der Waals surface area (Å²) in [5.74, 6) is 0.00222. The van der Waals surface area contributed by atoms with E-state index in [0.717, 1.165) is 45.7 Å². The summed E-state index contributed by atoms with van der Waals surface area (Å²) in [6.07, 6.45) is 0.922. The Morgan fingerprint density at radius 1 is 1.17 bits per heavy atom. The van der Waals surface area contributed by atoms with Crippen LogP contribution in [0.2, 0.25) is 0 Å². The maximum Gasteiger partial charge on any atom is 0.317 e. The normalized spacial score (nSPS) is 18.7. The molecule has 2 aliphatic heterocycles. The molecule has 0 bridgehead atoms. The van der Waals surface area contributed by atoms with Crippen LogP contribution >= 0.6 is 11.3 Å². The predicted octanol–water partition coefficient (Wildman–Crippen LogP) is 0.980. The minimum Gasteiger partial charge on any atom is -0.336 e. The van der Waals surface area contributed by atoms with Crippen LogP contribution in [0.15, 0.2) is 11.4 Å². The Balaban J connectivity index is 1.43. The Morgan fingerprint density at radius 3 is 2.70 bits per heavy atom. The smallest absolute Gasteiger partial charge is 0.317 e. The van der Waals surface area contributed by atoms with Gasteiger partial charge in [-0.05, 0) is 30.0 Å². The average molecular weight is 336 g/mol. The van der Waals surface area contributed by atoms with Crippen LogP contribution < -0.4 is 5.32 Å². The molecule has 1 aromatic heterocycles. The van der Waals surface area contributed by atoms with Crippen LogP contribution in [0.1, 0.15) is 17.4 Å². The van der Waals surface area contributed by atoms with Gasteiger partial charge in [-0.3, -0.25) is 4.79 Å². The van der Waals surface area contributed by atoms with E-state index in [1.54, 1.807) is 16.2 Å². The molecule has 2 aliphatic rings. The highest BCUT2D eigenvalue weighted by molar-refractivity contribution is 7.10. The number of hydrogen-bond acceptors (Lipinski definition) is 4. The van der Waals surface area contributed by atoms with E-state index in [2.05, 4.69) is 28.6 Å². The Morgan fingerprint density at radius 2 is 1.96 bits per heavy atom. The third kappa shape index (κ3) is 3.84. The van der Waals surface area contributed by atoms with Gasteiger partial charge in [0.15, 0.2) is 0 Å². The van der Waals surface area contributed by atoms with Crippen LogP contribution in [-0.2, 0) is 17.8 Å². The number of rotatable bonds is 3. The number of fused-ring (bicyclic) bond motifs is 1. The predicted molar refractivity (Wildman–Crippen MR) is 90.5 cm³/mol. The molecule has 0 atom stereocenters. The summed E-state index contributed by atoms with van der Waals surface area (Å²) < 4.78 is 0. The van der Waals surface area contributed by atoms with E-state index in [1.165, 1.54) is 10.4 Å². The fourth-order valence-electron chi connectivity index (χ4n) is 3.10. The van der Waals surface area contributed by atoms with Gasteiger partial charge in [0, 0.05) is 44.1 Å². The molecule has 0 spiro atoms. The number of nitrogens with one attached hydrogen (secondary N) is 1. The molecule has 1 fully saturated rings. The summed E-state index contributed by atoms with van der Waals surface area (Å²) in [5, 5.41) is 4.86. The van der Waals surface area contributed by atoms with Gasteiger partial charge in [0.05, 0.1) is 6.54 Å². The van der Waals surface area contributed by atoms with Gasteiger partial charge < -0.3 is 20.0 Å². The van der Waals surface area contributed by atoms with Crippen molar-refractivity contribution < 1.29 is 9.59 Å². The Labute approximate surface area is 141 Å². The Bertz CT molecular complexity index is 566. The van der Waals surface area contributed by atoms with E-state index in [9.17, 15) is 9.59 Å². The van der Waals surface area contributed by atoms with Gasteiger partial charge in [-0.15, -0.1) is 11.3 Å². The molecule has 0 radical (unpaired) electrons. The number of nitrogens with zero attached hydrogens (tertiary/aromatic N) is 3. The van der Waals surface area contributed by atoms with Crippen molar-refractivity contribution in [3.05, 3.63) is 21.9 Å². The van der Waals surface area contributed by atoms with E-state index in [1.807, 2.05) is 4.90 Å². The van der Waals surface area contributed by atoms with E-state index in [-0.39, 0.29) is 18.5 Å². The van der Waals surface area contributed by atoms with Crippen LogP contribution in [0.25, 0.3) is 0 Å². The number of carbonyl (C=O) groups is 2. The third-order valence-electron chi connectivity index (χ3n) is 4.66. The van der Waals surface area contributed by atoms with Crippen molar-refractivity contribution in [3.63, 3.8) is 0 Å². The minimum absolute atomic E-state index is 0.00222. The van der Waals surface area contributed by atoms with Gasteiger partial charge in [-0.1, -0.05) is 6.92 Å². The van der Waals surface area contributed by atoms with Crippen molar-refractivity contribution in [3.8, 4) is 0 Å². The SMILES string of the molecule is CCN1CCN(C(=O)NCC(=O)N2CCc3sccc3C2)CC1. The zero-order chi connectivity index (χ0) is 16.2. The number of likely N-dealkylation sites (N-methyl/N-ethyl adjacent to an activating group) is 1. The highest BCUT2D eigenvalue weighted by Crippen LogP contribution is 2.23. The summed E-state index contributed by atoms with van der Waals surface area (Å²) in [6.45, 7) is 7.94. The molecule has 3 rings (SSSR count). The highest BCUT2D eigenvalue weighted by Gasteiger charge is 2.23. The van der Waals surface area contributed by atoms with E-state index < -0.39 is 0 Å². The van der Waals surface area contributed by atoms with Crippen molar-refractivity contribution in [2.75, 3.05) is 45.8 Å². The lowest BCUT2D eigenvalue weighted by Gasteiger charge is -2.34. The Hall–Kier alpha value is -1.60. The summed E-state index contributed by atoms with van der Waals surface area (Å²) in [5.41, 5.74) is 1.25. The fourth-order valence-corrected chi connectivity index (χ4v) is 3.99. The van der Waals surface area contributed by atoms with Gasteiger partial charge in [0.25, 0.3) is 0 Å². The molecule has 0 aliphatic carbocycles. The molecular formula is C16H24N4O2S. The molecule has 0 aromatic carbocycles. The molecule has 6 nitrogen and oxygen atoms in total. The molecule has 23 heavy (non-hydrogen) atoms. The second kappa shape index (κ2) is 7.31. The van der Waals surface area contributed by atoms with Crippen molar-refractivity contribution >= 4 is 23.3 Å². The van der Waals surface area contributed by atoms with Crippen LogP contribution in [0, 0.1) is 0 Å². The molecule has 1 N–H and O–H groups in total. The summed E-state index contributed by atoms with van der Waals surface area (Å²) in [7, 11) is 0. The van der Waals surface area contributed by atoms with Gasteiger partial charge in [0.2, 0.25) is 5.91 Å². The second-order valence-electron chi connectivity index (χ2n) is 6.01. The summed E-state index contributed by atoms with van der Waals surface area (Å²) in [4.78, 5) is 31.8. The van der Waals surface area contributed by atoms with Crippen LogP contribution in [0.4, 0.5) is 4.79 Å². The highest BCUT2D eigenvalue weighted by atomic mass is 32.1. The van der Waals surface area contributed by atoms with Crippen LogP contribution in [-0.4, -0.2) is 72.5 Å². The minimum atomic E-state index is -0.123. The van der Waals surface area contributed by atoms with Crippen molar-refractivity contribution in [1.82, 2.24) is 20.0 Å². The molecule has 1 aromatic rings. The number of piperazine rings is 1. The summed E-state index contributed by atoms with van der Waals surface area (Å²) >= 11 is 1.76. The molecule has 0 saturated carbocycles.